The molecule has 2 aliphatic carbocycles. The van der Waals surface area contributed by atoms with Crippen LogP contribution in [0.1, 0.15) is 83.1 Å². The normalized spacial score (nSPS) is 15.8. The zero-order chi connectivity index (χ0) is 38.5. The molecule has 4 rings (SSSR count). The van der Waals surface area contributed by atoms with Gasteiger partial charge in [-0.1, -0.05) is 132 Å². The maximum Gasteiger partial charge on any atom is 2.00 e. The molecule has 0 saturated heterocycles. The molecule has 2 aromatic rings. The molecule has 0 spiro atoms. The molecule has 2 aliphatic rings. The molecule has 0 N–H and O–H groups in total. The second kappa shape index (κ2) is 24.8. The molecule has 0 fully saturated rings. The van der Waals surface area contributed by atoms with Crippen LogP contribution in [0.5, 0.6) is 0 Å². The van der Waals surface area contributed by atoms with Crippen LogP contribution >= 0.6 is 46.4 Å². The molecule has 0 bridgehead atoms. The van der Waals surface area contributed by atoms with Crippen molar-refractivity contribution in [2.24, 2.45) is 31.6 Å². The standard InChI is InChI=1S/2C20H25NO.2CH2Cl2.2ClH.Cu/c2*1-19(2,3)14-12-16(20(4,5)6)18(22)17(13-14)21-15-10-8-7-9-11-15;2*2-1-3;;;/h2*7-13H,1-6H3;2*1H2;2*1H;/q;;;;;;+2/p-2. The maximum atomic E-state index is 12.8. The third-order valence-electron chi connectivity index (χ3n) is 7.50. The van der Waals surface area contributed by atoms with Crippen molar-refractivity contribution >= 4 is 80.8 Å². The largest absolute Gasteiger partial charge is 2.00 e. The number of hydrogen-bond acceptors (Lipinski definition) is 4. The van der Waals surface area contributed by atoms with Gasteiger partial charge >= 0.3 is 17.1 Å². The second-order valence-corrected chi connectivity index (χ2v) is 17.5. The number of para-hydroxylation sites is 2. The smallest absolute Gasteiger partial charge is 1.00 e. The minimum Gasteiger partial charge on any atom is -1.00 e. The van der Waals surface area contributed by atoms with Gasteiger partial charge in [0.1, 0.15) is 11.4 Å². The summed E-state index contributed by atoms with van der Waals surface area (Å²) in [6, 6.07) is 19.3. The van der Waals surface area contributed by atoms with Crippen LogP contribution < -0.4 is 24.8 Å². The number of ketones is 2. The molecule has 0 aliphatic heterocycles. The van der Waals surface area contributed by atoms with Crippen molar-refractivity contribution < 1.29 is 51.5 Å². The van der Waals surface area contributed by atoms with E-state index in [9.17, 15) is 9.59 Å². The van der Waals surface area contributed by atoms with Gasteiger partial charge in [0.15, 0.2) is 0 Å². The van der Waals surface area contributed by atoms with Gasteiger partial charge in [0.2, 0.25) is 11.6 Å². The number of carbonyl (C=O) groups excluding carboxylic acids is 2. The Morgan fingerprint density at radius 1 is 0.453 bits per heavy atom. The first-order valence-electron chi connectivity index (χ1n) is 16.5. The van der Waals surface area contributed by atoms with Gasteiger partial charge in [0.25, 0.3) is 0 Å². The Hall–Kier alpha value is -1.66. The van der Waals surface area contributed by atoms with Crippen molar-refractivity contribution in [3.63, 3.8) is 0 Å². The van der Waals surface area contributed by atoms with Crippen molar-refractivity contribution in [3.8, 4) is 0 Å². The molecule has 2 aromatic carbocycles. The average Bonchev–Trinajstić information content (AvgIpc) is 2.99. The number of alkyl halides is 4. The number of aliphatic imine (C=N–C) groups is 2. The van der Waals surface area contributed by atoms with E-state index in [-0.39, 0.29) is 85.8 Å². The minimum atomic E-state index is -0.195. The van der Waals surface area contributed by atoms with E-state index in [4.69, 9.17) is 46.4 Å². The molecular weight excluding hydrogens is 841 g/mol. The maximum absolute atomic E-state index is 12.8. The molecule has 1 radical (unpaired) electrons. The second-order valence-electron chi connectivity index (χ2n) is 15.8. The Bertz CT molecular complexity index is 1510. The van der Waals surface area contributed by atoms with E-state index in [0.717, 1.165) is 33.7 Å². The Balaban J connectivity index is -0.000000782. The fraction of sp³-hybridized carbons (Fsp3) is 0.429. The molecule has 0 atom stereocenters. The third-order valence-corrected chi connectivity index (χ3v) is 7.50. The van der Waals surface area contributed by atoms with Gasteiger partial charge in [-0.05, 0) is 69.2 Å². The first-order valence-corrected chi connectivity index (χ1v) is 18.6. The van der Waals surface area contributed by atoms with E-state index in [2.05, 4.69) is 93.1 Å². The number of halogens is 6. The number of rotatable bonds is 2. The minimum absolute atomic E-state index is 0. The summed E-state index contributed by atoms with van der Waals surface area (Å²) in [5.74, 6) is 0.0636. The van der Waals surface area contributed by atoms with Crippen LogP contribution in [0, 0.1) is 21.7 Å². The van der Waals surface area contributed by atoms with Crippen LogP contribution in [-0.2, 0) is 26.7 Å². The zero-order valence-corrected chi connectivity index (χ0v) is 38.3. The van der Waals surface area contributed by atoms with Gasteiger partial charge in [0, 0.05) is 11.1 Å². The van der Waals surface area contributed by atoms with Gasteiger partial charge in [-0.3, -0.25) is 9.59 Å². The van der Waals surface area contributed by atoms with Crippen LogP contribution in [0.2, 0.25) is 0 Å². The summed E-state index contributed by atoms with van der Waals surface area (Å²) in [6.07, 6.45) is 7.97. The van der Waals surface area contributed by atoms with Crippen molar-refractivity contribution in [1.29, 1.82) is 0 Å². The van der Waals surface area contributed by atoms with Crippen LogP contribution in [0.4, 0.5) is 11.4 Å². The number of hydrogen-bond donors (Lipinski definition) is 0. The SMILES string of the molecule is CC(C)(C)C1=CC(=Nc2ccccc2)C(=O)C(C(C)(C)C)=C1.CC(C)(C)C1=CC(=Nc2ccccc2)C(=O)C(C(C)(C)C)=C1.ClCCl.ClCCl.[Cl-].[Cl-].[Cu+2]. The monoisotopic (exact) mass is 891 g/mol. The van der Waals surface area contributed by atoms with Crippen molar-refractivity contribution in [2.45, 2.75) is 83.1 Å². The quantitative estimate of drug-likeness (QED) is 0.179. The summed E-state index contributed by atoms with van der Waals surface area (Å²) in [5, 5.41) is 0.389. The zero-order valence-electron chi connectivity index (χ0n) is 32.8. The molecular formula is C42H54Cl6CuN2O2. The summed E-state index contributed by atoms with van der Waals surface area (Å²) in [5.41, 5.74) is 6.20. The molecule has 0 amide bonds. The summed E-state index contributed by atoms with van der Waals surface area (Å²) >= 11 is 19.1. The summed E-state index contributed by atoms with van der Waals surface area (Å²) in [7, 11) is 0. The van der Waals surface area contributed by atoms with Gasteiger partial charge in [0.05, 0.1) is 22.1 Å². The average molecular weight is 895 g/mol. The first-order chi connectivity index (χ1) is 23.0. The Morgan fingerprint density at radius 2 is 0.698 bits per heavy atom. The van der Waals surface area contributed by atoms with Crippen molar-refractivity contribution in [2.75, 3.05) is 10.7 Å². The van der Waals surface area contributed by atoms with Crippen molar-refractivity contribution in [3.05, 3.63) is 107 Å². The van der Waals surface area contributed by atoms with Crippen LogP contribution in [0.15, 0.2) is 117 Å². The predicted molar refractivity (Wildman–Crippen MR) is 220 cm³/mol. The molecule has 297 valence electrons. The molecule has 0 aromatic heterocycles. The van der Waals surface area contributed by atoms with E-state index < -0.39 is 0 Å². The number of Topliss-reactive ketones (excluding diaryl/α,β-unsaturated/α-hetero) is 2. The van der Waals surface area contributed by atoms with E-state index in [0.29, 0.717) is 11.4 Å². The van der Waals surface area contributed by atoms with Gasteiger partial charge < -0.3 is 24.8 Å². The van der Waals surface area contributed by atoms with E-state index in [1.54, 1.807) is 0 Å². The Kier molecular flexibility index (Phi) is 26.0. The van der Waals surface area contributed by atoms with E-state index >= 15 is 0 Å². The van der Waals surface area contributed by atoms with E-state index in [1.165, 1.54) is 0 Å². The molecule has 0 unspecified atom stereocenters. The van der Waals surface area contributed by atoms with Crippen LogP contribution in [0.3, 0.4) is 0 Å². The molecule has 4 nitrogen and oxygen atoms in total. The van der Waals surface area contributed by atoms with Crippen LogP contribution in [-0.4, -0.2) is 33.7 Å². The number of nitrogens with zero attached hydrogens (tertiary/aromatic N) is 2. The van der Waals surface area contributed by atoms with Gasteiger partial charge in [-0.25, -0.2) is 9.98 Å². The van der Waals surface area contributed by atoms with Gasteiger partial charge in [-0.2, -0.15) is 0 Å². The molecule has 11 heteroatoms. The molecule has 0 heterocycles. The number of carbonyl (C=O) groups is 2. The predicted octanol–water partition coefficient (Wildman–Crippen LogP) is 7.42. The fourth-order valence-corrected chi connectivity index (χ4v) is 4.66. The van der Waals surface area contributed by atoms with Gasteiger partial charge in [-0.15, -0.1) is 46.4 Å². The Morgan fingerprint density at radius 3 is 0.906 bits per heavy atom. The van der Waals surface area contributed by atoms with Crippen molar-refractivity contribution in [1.82, 2.24) is 0 Å². The van der Waals surface area contributed by atoms with E-state index in [1.807, 2.05) is 85.0 Å². The first kappa shape index (κ1) is 55.7. The number of benzene rings is 2. The fourth-order valence-electron chi connectivity index (χ4n) is 4.66. The topological polar surface area (TPSA) is 58.9 Å². The molecule has 0 saturated carbocycles. The summed E-state index contributed by atoms with van der Waals surface area (Å²) < 4.78 is 0. The summed E-state index contributed by atoms with van der Waals surface area (Å²) in [6.45, 7) is 25.4. The third kappa shape index (κ3) is 19.2. The van der Waals surface area contributed by atoms with Crippen LogP contribution in [0.25, 0.3) is 0 Å². The number of allylic oxidation sites excluding steroid dienone is 8. The molecule has 53 heavy (non-hydrogen) atoms. The Labute approximate surface area is 362 Å². The summed E-state index contributed by atoms with van der Waals surface area (Å²) in [4.78, 5) is 34.8.